The Bertz CT molecular complexity index is 563. The van der Waals surface area contributed by atoms with Crippen LogP contribution >= 0.6 is 0 Å². The Morgan fingerprint density at radius 2 is 2.17 bits per heavy atom. The highest BCUT2D eigenvalue weighted by Crippen LogP contribution is 2.20. The van der Waals surface area contributed by atoms with Crippen LogP contribution in [0.5, 0.6) is 0 Å². The van der Waals surface area contributed by atoms with E-state index >= 15 is 0 Å². The number of hydrogen-bond acceptors (Lipinski definition) is 2. The summed E-state index contributed by atoms with van der Waals surface area (Å²) in [6.07, 6.45) is 5.00. The summed E-state index contributed by atoms with van der Waals surface area (Å²) in [6, 6.07) is 8.16. The molecular weight excluding hydrogens is 226 g/mol. The molecule has 0 aliphatic heterocycles. The molecule has 2 aromatic rings. The second-order valence-electron chi connectivity index (χ2n) is 4.49. The zero-order chi connectivity index (χ0) is 13.0. The molecule has 0 fully saturated rings. The number of rotatable bonds is 5. The molecule has 1 aromatic carbocycles. The molecule has 3 nitrogen and oxygen atoms in total. The number of aromatic nitrogens is 1. The van der Waals surface area contributed by atoms with Crippen molar-refractivity contribution in [2.45, 2.75) is 32.6 Å². The molecule has 0 atom stereocenters. The minimum absolute atomic E-state index is 0.0193. The van der Waals surface area contributed by atoms with Crippen LogP contribution in [0.3, 0.4) is 0 Å². The predicted octanol–water partition coefficient (Wildman–Crippen LogP) is 3.20. The smallest absolute Gasteiger partial charge is 0.309 e. The highest BCUT2D eigenvalue weighted by molar-refractivity contribution is 5.87. The third kappa shape index (κ3) is 2.86. The first-order valence-corrected chi connectivity index (χ1v) is 6.29. The lowest BCUT2D eigenvalue weighted by atomic mass is 10.0. The highest BCUT2D eigenvalue weighted by atomic mass is 16.4. The molecule has 94 valence electrons. The number of hydrogen-bond donors (Lipinski definition) is 1. The van der Waals surface area contributed by atoms with E-state index in [4.69, 9.17) is 5.11 Å². The fourth-order valence-corrected chi connectivity index (χ4v) is 2.10. The summed E-state index contributed by atoms with van der Waals surface area (Å²) >= 11 is 0. The molecular formula is C15H17NO2. The Morgan fingerprint density at radius 1 is 1.33 bits per heavy atom. The number of unbranched alkanes of at least 4 members (excludes halogenated alkanes) is 1. The number of carbonyl (C=O) groups is 1. The molecule has 1 N–H and O–H groups in total. The SMILES string of the molecule is CCCCc1ccc2ccnc(CC(=O)O)c2c1. The Morgan fingerprint density at radius 3 is 2.89 bits per heavy atom. The first-order chi connectivity index (χ1) is 8.70. The van der Waals surface area contributed by atoms with Crippen molar-refractivity contribution in [2.24, 2.45) is 0 Å². The summed E-state index contributed by atoms with van der Waals surface area (Å²) < 4.78 is 0. The average Bonchev–Trinajstić information content (AvgIpc) is 2.36. The summed E-state index contributed by atoms with van der Waals surface area (Å²) in [5, 5.41) is 10.9. The van der Waals surface area contributed by atoms with Gasteiger partial charge in [0.25, 0.3) is 0 Å². The standard InChI is InChI=1S/C15H17NO2/c1-2-3-4-11-5-6-12-7-8-16-14(10-15(17)18)13(12)9-11/h5-9H,2-4,10H2,1H3,(H,17,18). The molecule has 0 saturated carbocycles. The number of benzene rings is 1. The van der Waals surface area contributed by atoms with Crippen LogP contribution in [0.4, 0.5) is 0 Å². The number of aliphatic carboxylic acids is 1. The van der Waals surface area contributed by atoms with Gasteiger partial charge in [-0.05, 0) is 35.9 Å². The molecule has 1 heterocycles. The predicted molar refractivity (Wildman–Crippen MR) is 71.7 cm³/mol. The number of aryl methyl sites for hydroxylation is 1. The van der Waals surface area contributed by atoms with E-state index in [1.54, 1.807) is 6.20 Å². The second kappa shape index (κ2) is 5.63. The third-order valence-electron chi connectivity index (χ3n) is 3.05. The number of pyridine rings is 1. The van der Waals surface area contributed by atoms with Gasteiger partial charge in [-0.25, -0.2) is 0 Å². The maximum atomic E-state index is 10.8. The first kappa shape index (κ1) is 12.6. The van der Waals surface area contributed by atoms with Crippen LogP contribution in [0.15, 0.2) is 30.5 Å². The Labute approximate surface area is 106 Å². The van der Waals surface area contributed by atoms with Gasteiger partial charge in [0.1, 0.15) is 0 Å². The van der Waals surface area contributed by atoms with Crippen LogP contribution in [0.2, 0.25) is 0 Å². The van der Waals surface area contributed by atoms with Gasteiger partial charge in [-0.2, -0.15) is 0 Å². The third-order valence-corrected chi connectivity index (χ3v) is 3.05. The fourth-order valence-electron chi connectivity index (χ4n) is 2.10. The van der Waals surface area contributed by atoms with Crippen molar-refractivity contribution < 1.29 is 9.90 Å². The molecule has 0 unspecified atom stereocenters. The molecule has 0 spiro atoms. The van der Waals surface area contributed by atoms with Crippen LogP contribution in [-0.4, -0.2) is 16.1 Å². The van der Waals surface area contributed by atoms with Crippen LogP contribution < -0.4 is 0 Å². The van der Waals surface area contributed by atoms with Gasteiger partial charge in [0.2, 0.25) is 0 Å². The van der Waals surface area contributed by atoms with Crippen molar-refractivity contribution in [1.29, 1.82) is 0 Å². The van der Waals surface area contributed by atoms with Crippen molar-refractivity contribution in [3.63, 3.8) is 0 Å². The lowest BCUT2D eigenvalue weighted by Gasteiger charge is -2.06. The number of carboxylic acid groups (broad SMARTS) is 1. The van der Waals surface area contributed by atoms with Gasteiger partial charge in [0.15, 0.2) is 0 Å². The van der Waals surface area contributed by atoms with E-state index in [0.717, 1.165) is 30.0 Å². The summed E-state index contributed by atoms with van der Waals surface area (Å²) in [5.74, 6) is -0.839. The summed E-state index contributed by atoms with van der Waals surface area (Å²) in [4.78, 5) is 15.0. The number of fused-ring (bicyclic) bond motifs is 1. The maximum Gasteiger partial charge on any atom is 0.309 e. The molecule has 1 aromatic heterocycles. The lowest BCUT2D eigenvalue weighted by molar-refractivity contribution is -0.136. The molecule has 0 amide bonds. The van der Waals surface area contributed by atoms with Crippen molar-refractivity contribution in [3.05, 3.63) is 41.7 Å². The van der Waals surface area contributed by atoms with Crippen LogP contribution in [0, 0.1) is 0 Å². The van der Waals surface area contributed by atoms with Crippen molar-refractivity contribution in [1.82, 2.24) is 4.98 Å². The monoisotopic (exact) mass is 243 g/mol. The zero-order valence-corrected chi connectivity index (χ0v) is 10.5. The van der Waals surface area contributed by atoms with E-state index in [0.29, 0.717) is 5.69 Å². The second-order valence-corrected chi connectivity index (χ2v) is 4.49. The van der Waals surface area contributed by atoms with Crippen LogP contribution in [-0.2, 0) is 17.6 Å². The van der Waals surface area contributed by atoms with Crippen LogP contribution in [0.25, 0.3) is 10.8 Å². The van der Waals surface area contributed by atoms with Crippen LogP contribution in [0.1, 0.15) is 31.0 Å². The van der Waals surface area contributed by atoms with Crippen molar-refractivity contribution in [2.75, 3.05) is 0 Å². The molecule has 2 rings (SSSR count). The van der Waals surface area contributed by atoms with Gasteiger partial charge in [-0.1, -0.05) is 25.5 Å². The number of carboxylic acids is 1. The van der Waals surface area contributed by atoms with E-state index in [1.807, 2.05) is 12.1 Å². The molecule has 0 saturated heterocycles. The van der Waals surface area contributed by atoms with E-state index in [2.05, 4.69) is 24.0 Å². The van der Waals surface area contributed by atoms with E-state index in [-0.39, 0.29) is 6.42 Å². The Hall–Kier alpha value is -1.90. The van der Waals surface area contributed by atoms with E-state index in [9.17, 15) is 4.79 Å². The van der Waals surface area contributed by atoms with Crippen molar-refractivity contribution in [3.8, 4) is 0 Å². The summed E-state index contributed by atoms with van der Waals surface area (Å²) in [7, 11) is 0. The fraction of sp³-hybridized carbons (Fsp3) is 0.333. The maximum absolute atomic E-state index is 10.8. The average molecular weight is 243 g/mol. The molecule has 0 radical (unpaired) electrons. The van der Waals surface area contributed by atoms with E-state index < -0.39 is 5.97 Å². The first-order valence-electron chi connectivity index (χ1n) is 6.29. The molecule has 3 heteroatoms. The summed E-state index contributed by atoms with van der Waals surface area (Å²) in [6.45, 7) is 2.17. The molecule has 0 aliphatic rings. The van der Waals surface area contributed by atoms with Gasteiger partial charge in [0, 0.05) is 11.6 Å². The molecule has 0 aliphatic carbocycles. The van der Waals surface area contributed by atoms with E-state index in [1.165, 1.54) is 5.56 Å². The Balaban J connectivity index is 2.41. The Kier molecular flexibility index (Phi) is 3.92. The topological polar surface area (TPSA) is 50.2 Å². The molecule has 18 heavy (non-hydrogen) atoms. The lowest BCUT2D eigenvalue weighted by Crippen LogP contribution is -2.03. The quantitative estimate of drug-likeness (QED) is 0.877. The number of nitrogens with zero attached hydrogens (tertiary/aromatic N) is 1. The highest BCUT2D eigenvalue weighted by Gasteiger charge is 2.07. The van der Waals surface area contributed by atoms with Crippen molar-refractivity contribution >= 4 is 16.7 Å². The largest absolute Gasteiger partial charge is 0.481 e. The minimum atomic E-state index is -0.839. The minimum Gasteiger partial charge on any atom is -0.481 e. The molecule has 0 bridgehead atoms. The zero-order valence-electron chi connectivity index (χ0n) is 10.5. The van der Waals surface area contributed by atoms with Gasteiger partial charge >= 0.3 is 5.97 Å². The van der Waals surface area contributed by atoms with Gasteiger partial charge in [-0.15, -0.1) is 0 Å². The normalized spacial score (nSPS) is 10.7. The van der Waals surface area contributed by atoms with Gasteiger partial charge < -0.3 is 5.11 Å². The summed E-state index contributed by atoms with van der Waals surface area (Å²) in [5.41, 5.74) is 1.90. The van der Waals surface area contributed by atoms with Gasteiger partial charge in [-0.3, -0.25) is 9.78 Å². The van der Waals surface area contributed by atoms with Gasteiger partial charge in [0.05, 0.1) is 12.1 Å².